The Morgan fingerprint density at radius 2 is 2.05 bits per heavy atom. The molecule has 2 N–H and O–H groups in total. The van der Waals surface area contributed by atoms with Gasteiger partial charge < -0.3 is 10.4 Å². The van der Waals surface area contributed by atoms with E-state index in [4.69, 9.17) is 10.2 Å². The van der Waals surface area contributed by atoms with Gasteiger partial charge in [0.25, 0.3) is 5.92 Å². The summed E-state index contributed by atoms with van der Waals surface area (Å²) in [7, 11) is 0. The minimum Gasteiger partial charge on any atom is -0.369 e. The van der Waals surface area contributed by atoms with E-state index in [-0.39, 0.29) is 19.0 Å². The molecule has 0 saturated carbocycles. The predicted molar refractivity (Wildman–Crippen MR) is 150 cm³/mol. The van der Waals surface area contributed by atoms with Crippen LogP contribution in [0.5, 0.6) is 0 Å². The van der Waals surface area contributed by atoms with Gasteiger partial charge in [-0.3, -0.25) is 9.58 Å². The highest BCUT2D eigenvalue weighted by Gasteiger charge is 2.39. The zero-order valence-electron chi connectivity index (χ0n) is 21.9. The van der Waals surface area contributed by atoms with Crippen molar-refractivity contribution in [1.82, 2.24) is 19.7 Å². The zero-order chi connectivity index (χ0) is 27.7. The number of nitriles is 1. The van der Waals surface area contributed by atoms with Crippen LogP contribution in [0.1, 0.15) is 52.8 Å². The molecule has 3 heterocycles. The van der Waals surface area contributed by atoms with Crippen LogP contribution in [0.15, 0.2) is 60.9 Å². The number of thiazole rings is 1. The van der Waals surface area contributed by atoms with Crippen molar-refractivity contribution >= 4 is 16.5 Å². The van der Waals surface area contributed by atoms with Gasteiger partial charge in [-0.05, 0) is 61.6 Å². The molecule has 1 saturated heterocycles. The van der Waals surface area contributed by atoms with Crippen LogP contribution in [0.2, 0.25) is 0 Å². The van der Waals surface area contributed by atoms with E-state index in [1.54, 1.807) is 18.3 Å². The topological polar surface area (TPSA) is 90.0 Å². The molecule has 1 aliphatic heterocycles. The molecule has 2 aromatic heterocycles. The highest BCUT2D eigenvalue weighted by Crippen LogP contribution is 2.36. The van der Waals surface area contributed by atoms with Crippen molar-refractivity contribution in [3.63, 3.8) is 0 Å². The fourth-order valence-electron chi connectivity index (χ4n) is 5.62. The number of aliphatic hydroxyl groups is 1. The predicted octanol–water partition coefficient (Wildman–Crippen LogP) is 5.62. The van der Waals surface area contributed by atoms with Gasteiger partial charge >= 0.3 is 0 Å². The Balaban J connectivity index is 1.09. The second-order valence-electron chi connectivity index (χ2n) is 10.6. The quantitative estimate of drug-likeness (QED) is 0.285. The molecule has 0 amide bonds. The first-order valence-electron chi connectivity index (χ1n) is 13.5. The number of halogens is 2. The number of aliphatic hydroxyl groups excluding tert-OH is 1. The Bertz CT molecular complexity index is 1530. The summed E-state index contributed by atoms with van der Waals surface area (Å²) >= 11 is 1.51. The third-order valence-electron chi connectivity index (χ3n) is 7.70. The summed E-state index contributed by atoms with van der Waals surface area (Å²) in [6.07, 6.45) is 5.67. The van der Waals surface area contributed by atoms with Crippen molar-refractivity contribution in [2.45, 2.75) is 56.8 Å². The average Bonchev–Trinajstić information content (AvgIpc) is 3.59. The summed E-state index contributed by atoms with van der Waals surface area (Å²) in [4.78, 5) is 7.77. The van der Waals surface area contributed by atoms with Crippen molar-refractivity contribution in [3.8, 4) is 17.2 Å². The van der Waals surface area contributed by atoms with Gasteiger partial charge in [0.15, 0.2) is 11.4 Å². The Hall–Kier alpha value is -3.65. The molecule has 0 spiro atoms. The number of benzene rings is 2. The summed E-state index contributed by atoms with van der Waals surface area (Å²) in [5, 5.41) is 28.2. The second-order valence-corrected chi connectivity index (χ2v) is 11.7. The standard InChI is InChI=1S/C30H30F2N6OS/c31-30(32)11-2-12-37(19-30)25-9-10-26-27(14-25)40-29(35-26)36-28(39)23-4-1-3-21(13-23)17-38-18-24(16-34-38)22-7-5-20(15-33)6-8-22/h1,3-8,13,16,18,25,28,39H,2,9-12,14,17,19H2,(H,35,36). The van der Waals surface area contributed by atoms with Crippen LogP contribution < -0.4 is 5.32 Å². The van der Waals surface area contributed by atoms with Gasteiger partial charge in [-0.15, -0.1) is 11.3 Å². The Kier molecular flexibility index (Phi) is 7.36. The third-order valence-corrected chi connectivity index (χ3v) is 8.76. The van der Waals surface area contributed by atoms with Gasteiger partial charge in [-0.1, -0.05) is 30.3 Å². The van der Waals surface area contributed by atoms with Crippen LogP contribution in [0, 0.1) is 11.3 Å². The smallest absolute Gasteiger partial charge is 0.260 e. The molecule has 1 fully saturated rings. The van der Waals surface area contributed by atoms with E-state index in [0.29, 0.717) is 23.7 Å². The highest BCUT2D eigenvalue weighted by molar-refractivity contribution is 7.15. The molecule has 6 rings (SSSR count). The Labute approximate surface area is 235 Å². The van der Waals surface area contributed by atoms with E-state index in [1.807, 2.05) is 52.2 Å². The molecule has 0 bridgehead atoms. The van der Waals surface area contributed by atoms with Crippen molar-refractivity contribution in [3.05, 3.63) is 88.2 Å². The third kappa shape index (κ3) is 5.92. The fraction of sp³-hybridized carbons (Fsp3) is 0.367. The van der Waals surface area contributed by atoms with E-state index < -0.39 is 12.2 Å². The summed E-state index contributed by atoms with van der Waals surface area (Å²) < 4.78 is 29.8. The molecular weight excluding hydrogens is 530 g/mol. The van der Waals surface area contributed by atoms with Crippen LogP contribution in [-0.4, -0.2) is 49.8 Å². The average molecular weight is 561 g/mol. The van der Waals surface area contributed by atoms with Gasteiger partial charge in [0.2, 0.25) is 0 Å². The molecule has 2 aromatic carbocycles. The fourth-order valence-corrected chi connectivity index (χ4v) is 6.72. The molecule has 40 heavy (non-hydrogen) atoms. The lowest BCUT2D eigenvalue weighted by molar-refractivity contribution is -0.0761. The molecule has 2 unspecified atom stereocenters. The lowest BCUT2D eigenvalue weighted by Crippen LogP contribution is -2.49. The molecule has 4 aromatic rings. The summed E-state index contributed by atoms with van der Waals surface area (Å²) in [6, 6.07) is 17.4. The van der Waals surface area contributed by atoms with Crippen LogP contribution in [0.4, 0.5) is 13.9 Å². The molecule has 7 nitrogen and oxygen atoms in total. The van der Waals surface area contributed by atoms with Crippen molar-refractivity contribution < 1.29 is 13.9 Å². The molecule has 2 aliphatic rings. The largest absolute Gasteiger partial charge is 0.369 e. The first kappa shape index (κ1) is 26.6. The number of hydrogen-bond donors (Lipinski definition) is 2. The van der Waals surface area contributed by atoms with Gasteiger partial charge in [-0.25, -0.2) is 13.8 Å². The number of aromatic nitrogens is 3. The van der Waals surface area contributed by atoms with Gasteiger partial charge in [0, 0.05) is 34.7 Å². The SMILES string of the molecule is N#Cc1ccc(-c2cnn(Cc3cccc(C(O)Nc4nc5c(s4)CC(N4CCCC(F)(F)C4)CC5)c3)c2)cc1. The zero-order valence-corrected chi connectivity index (χ0v) is 22.7. The van der Waals surface area contributed by atoms with Crippen LogP contribution >= 0.6 is 11.3 Å². The second kappa shape index (κ2) is 11.1. The number of likely N-dealkylation sites (tertiary alicyclic amines) is 1. The van der Waals surface area contributed by atoms with Gasteiger partial charge in [0.05, 0.1) is 36.6 Å². The van der Waals surface area contributed by atoms with E-state index in [9.17, 15) is 13.9 Å². The van der Waals surface area contributed by atoms with E-state index >= 15 is 0 Å². The molecule has 206 valence electrons. The van der Waals surface area contributed by atoms with Crippen LogP contribution in [0.3, 0.4) is 0 Å². The summed E-state index contributed by atoms with van der Waals surface area (Å²) in [5.41, 5.74) is 5.29. The van der Waals surface area contributed by atoms with Gasteiger partial charge in [0.1, 0.15) is 0 Å². The number of aryl methyl sites for hydroxylation is 1. The number of hydrogen-bond acceptors (Lipinski definition) is 7. The lowest BCUT2D eigenvalue weighted by Gasteiger charge is -2.39. The van der Waals surface area contributed by atoms with Gasteiger partial charge in [-0.2, -0.15) is 10.4 Å². The highest BCUT2D eigenvalue weighted by atomic mass is 32.1. The number of fused-ring (bicyclic) bond motifs is 1. The number of nitrogens with one attached hydrogen (secondary N) is 1. The van der Waals surface area contributed by atoms with Crippen molar-refractivity contribution in [2.75, 3.05) is 18.4 Å². The van der Waals surface area contributed by atoms with Crippen LogP contribution in [-0.2, 0) is 19.4 Å². The maximum atomic E-state index is 14.0. The van der Waals surface area contributed by atoms with Crippen molar-refractivity contribution in [2.24, 2.45) is 0 Å². The maximum Gasteiger partial charge on any atom is 0.260 e. The summed E-state index contributed by atoms with van der Waals surface area (Å²) in [5.74, 6) is -2.59. The van der Waals surface area contributed by atoms with E-state index in [0.717, 1.165) is 58.6 Å². The number of nitrogens with zero attached hydrogens (tertiary/aromatic N) is 5. The number of anilines is 1. The van der Waals surface area contributed by atoms with Crippen LogP contribution in [0.25, 0.3) is 11.1 Å². The lowest BCUT2D eigenvalue weighted by atomic mass is 9.94. The number of alkyl halides is 2. The molecule has 2 atom stereocenters. The van der Waals surface area contributed by atoms with E-state index in [2.05, 4.69) is 16.5 Å². The molecule has 1 aliphatic carbocycles. The number of piperidine rings is 1. The monoisotopic (exact) mass is 560 g/mol. The maximum absolute atomic E-state index is 14.0. The Morgan fingerprint density at radius 1 is 1.20 bits per heavy atom. The minimum atomic E-state index is -2.59. The van der Waals surface area contributed by atoms with E-state index in [1.165, 1.54) is 11.3 Å². The Morgan fingerprint density at radius 3 is 2.85 bits per heavy atom. The summed E-state index contributed by atoms with van der Waals surface area (Å²) in [6.45, 7) is 1.12. The molecule has 0 radical (unpaired) electrons. The molecule has 10 heteroatoms. The minimum absolute atomic E-state index is 0.0171. The normalized spacial score (nSPS) is 19.5. The first-order valence-corrected chi connectivity index (χ1v) is 14.3. The molecular formula is C30H30F2N6OS. The van der Waals surface area contributed by atoms with Crippen molar-refractivity contribution in [1.29, 1.82) is 5.26 Å². The number of rotatable bonds is 7. The first-order chi connectivity index (χ1) is 19.3.